The van der Waals surface area contributed by atoms with E-state index in [1.807, 2.05) is 6.92 Å². The van der Waals surface area contributed by atoms with Gasteiger partial charge < -0.3 is 14.8 Å². The minimum absolute atomic E-state index is 0.147. The third-order valence-corrected chi connectivity index (χ3v) is 3.23. The molecule has 1 aliphatic carbocycles. The van der Waals surface area contributed by atoms with E-state index >= 15 is 0 Å². The Morgan fingerprint density at radius 2 is 2.21 bits per heavy atom. The van der Waals surface area contributed by atoms with E-state index in [0.29, 0.717) is 13.2 Å². The molecule has 1 saturated carbocycles. The van der Waals surface area contributed by atoms with Gasteiger partial charge in [-0.3, -0.25) is 0 Å². The lowest BCUT2D eigenvalue weighted by molar-refractivity contribution is 0.138. The normalized spacial score (nSPS) is 14.2. The smallest absolute Gasteiger partial charge is 0.407 e. The summed E-state index contributed by atoms with van der Waals surface area (Å²) in [7, 11) is 1.70. The first-order chi connectivity index (χ1) is 9.19. The summed E-state index contributed by atoms with van der Waals surface area (Å²) in [6.45, 7) is 3.27. The molecular weight excluding hydrogens is 242 g/mol. The summed E-state index contributed by atoms with van der Waals surface area (Å²) in [5.41, 5.74) is 3.52. The quantitative estimate of drug-likeness (QED) is 0.858. The molecule has 0 saturated heterocycles. The van der Waals surface area contributed by atoms with Gasteiger partial charge in [0.25, 0.3) is 0 Å². The van der Waals surface area contributed by atoms with Crippen LogP contribution in [0.15, 0.2) is 18.2 Å². The number of carbonyl (C=O) groups excluding carboxylic acids is 1. The molecule has 1 aromatic rings. The minimum Gasteiger partial charge on any atom is -0.446 e. The van der Waals surface area contributed by atoms with Gasteiger partial charge in [0.2, 0.25) is 0 Å². The van der Waals surface area contributed by atoms with Gasteiger partial charge >= 0.3 is 6.09 Å². The van der Waals surface area contributed by atoms with Crippen molar-refractivity contribution >= 4 is 6.09 Å². The van der Waals surface area contributed by atoms with E-state index in [-0.39, 0.29) is 12.2 Å². The van der Waals surface area contributed by atoms with E-state index in [2.05, 4.69) is 23.5 Å². The minimum atomic E-state index is -0.316. The number of methoxy groups -OCH3 is 1. The summed E-state index contributed by atoms with van der Waals surface area (Å²) in [6.07, 6.45) is 2.71. The number of nitrogens with one attached hydrogen (secondary N) is 1. The van der Waals surface area contributed by atoms with Crippen LogP contribution < -0.4 is 5.32 Å². The fourth-order valence-electron chi connectivity index (χ4n) is 1.84. The second-order valence-corrected chi connectivity index (χ2v) is 4.96. The fraction of sp³-hybridized carbons (Fsp3) is 0.533. The van der Waals surface area contributed by atoms with Gasteiger partial charge in [0, 0.05) is 13.7 Å². The van der Waals surface area contributed by atoms with Gasteiger partial charge in [0.1, 0.15) is 6.10 Å². The summed E-state index contributed by atoms with van der Waals surface area (Å²) in [5.74, 6) is 0. The number of carbonyl (C=O) groups is 1. The van der Waals surface area contributed by atoms with Gasteiger partial charge in [-0.1, -0.05) is 18.2 Å². The van der Waals surface area contributed by atoms with Crippen molar-refractivity contribution in [1.29, 1.82) is 0 Å². The SMILES string of the molecule is COCCc1ccc(C)c(CNC(=O)OC2CC2)c1. The highest BCUT2D eigenvalue weighted by molar-refractivity contribution is 5.67. The van der Waals surface area contributed by atoms with Crippen molar-refractivity contribution in [1.82, 2.24) is 5.32 Å². The van der Waals surface area contributed by atoms with Crippen LogP contribution in [0.1, 0.15) is 29.5 Å². The molecule has 19 heavy (non-hydrogen) atoms. The maximum atomic E-state index is 11.5. The number of hydrogen-bond acceptors (Lipinski definition) is 3. The molecule has 0 unspecified atom stereocenters. The zero-order valence-corrected chi connectivity index (χ0v) is 11.6. The number of rotatable bonds is 6. The third-order valence-electron chi connectivity index (χ3n) is 3.23. The van der Waals surface area contributed by atoms with E-state index in [1.54, 1.807) is 7.11 Å². The average molecular weight is 263 g/mol. The van der Waals surface area contributed by atoms with E-state index in [1.165, 1.54) is 11.1 Å². The van der Waals surface area contributed by atoms with Crippen LogP contribution in [0.5, 0.6) is 0 Å². The van der Waals surface area contributed by atoms with E-state index in [9.17, 15) is 4.79 Å². The lowest BCUT2D eigenvalue weighted by Crippen LogP contribution is -2.24. The molecule has 1 amide bonds. The summed E-state index contributed by atoms with van der Waals surface area (Å²) in [6, 6.07) is 6.29. The Hall–Kier alpha value is -1.55. The largest absolute Gasteiger partial charge is 0.446 e. The highest BCUT2D eigenvalue weighted by atomic mass is 16.6. The molecule has 0 aromatic heterocycles. The van der Waals surface area contributed by atoms with Crippen molar-refractivity contribution in [2.45, 2.75) is 38.8 Å². The van der Waals surface area contributed by atoms with Crippen LogP contribution in [0.25, 0.3) is 0 Å². The second-order valence-electron chi connectivity index (χ2n) is 4.96. The molecule has 0 heterocycles. The Bertz CT molecular complexity index is 441. The molecule has 1 fully saturated rings. The predicted octanol–water partition coefficient (Wildman–Crippen LogP) is 2.57. The summed E-state index contributed by atoms with van der Waals surface area (Å²) in [5, 5.41) is 2.80. The molecule has 1 aromatic carbocycles. The first-order valence-corrected chi connectivity index (χ1v) is 6.71. The Balaban J connectivity index is 1.88. The van der Waals surface area contributed by atoms with Crippen molar-refractivity contribution in [3.8, 4) is 0 Å². The van der Waals surface area contributed by atoms with Gasteiger partial charge in [-0.15, -0.1) is 0 Å². The van der Waals surface area contributed by atoms with Crippen molar-refractivity contribution in [2.75, 3.05) is 13.7 Å². The molecule has 2 rings (SSSR count). The van der Waals surface area contributed by atoms with Gasteiger partial charge in [0.15, 0.2) is 0 Å². The number of hydrogen-bond donors (Lipinski definition) is 1. The van der Waals surface area contributed by atoms with Gasteiger partial charge in [-0.25, -0.2) is 4.79 Å². The second kappa shape index (κ2) is 6.57. The van der Waals surface area contributed by atoms with Crippen molar-refractivity contribution in [3.63, 3.8) is 0 Å². The molecule has 0 aliphatic heterocycles. The lowest BCUT2D eigenvalue weighted by Gasteiger charge is -2.10. The summed E-state index contributed by atoms with van der Waals surface area (Å²) in [4.78, 5) is 11.5. The standard InChI is InChI=1S/C15H21NO3/c1-11-3-4-12(7-8-18-2)9-13(11)10-16-15(17)19-14-5-6-14/h3-4,9,14H,5-8,10H2,1-2H3,(H,16,17). The lowest BCUT2D eigenvalue weighted by atomic mass is 10.0. The number of aryl methyl sites for hydroxylation is 1. The van der Waals surface area contributed by atoms with Crippen molar-refractivity contribution in [3.05, 3.63) is 34.9 Å². The molecule has 1 aliphatic rings. The molecule has 1 N–H and O–H groups in total. The zero-order valence-electron chi connectivity index (χ0n) is 11.6. The Morgan fingerprint density at radius 1 is 1.42 bits per heavy atom. The highest BCUT2D eigenvalue weighted by Crippen LogP contribution is 2.23. The fourth-order valence-corrected chi connectivity index (χ4v) is 1.84. The maximum absolute atomic E-state index is 11.5. The number of ether oxygens (including phenoxy) is 2. The molecule has 4 nitrogen and oxygen atoms in total. The summed E-state index contributed by atoms with van der Waals surface area (Å²) < 4.78 is 10.2. The van der Waals surface area contributed by atoms with Gasteiger partial charge in [-0.05, 0) is 42.9 Å². The van der Waals surface area contributed by atoms with E-state index in [0.717, 1.165) is 24.8 Å². The Morgan fingerprint density at radius 3 is 2.89 bits per heavy atom. The van der Waals surface area contributed by atoms with E-state index in [4.69, 9.17) is 9.47 Å². The van der Waals surface area contributed by atoms with Crippen LogP contribution in [-0.2, 0) is 22.4 Å². The van der Waals surface area contributed by atoms with Crippen LogP contribution in [0.2, 0.25) is 0 Å². The number of benzene rings is 1. The third kappa shape index (κ3) is 4.56. The maximum Gasteiger partial charge on any atom is 0.407 e. The molecule has 0 atom stereocenters. The zero-order chi connectivity index (χ0) is 13.7. The molecular formula is C15H21NO3. The Kier molecular flexibility index (Phi) is 4.80. The van der Waals surface area contributed by atoms with Crippen molar-refractivity contribution < 1.29 is 14.3 Å². The number of alkyl carbamates (subject to hydrolysis) is 1. The Labute approximate surface area is 114 Å². The topological polar surface area (TPSA) is 47.6 Å². The molecule has 4 heteroatoms. The van der Waals surface area contributed by atoms with Gasteiger partial charge in [0.05, 0.1) is 6.61 Å². The van der Waals surface area contributed by atoms with Crippen LogP contribution >= 0.6 is 0 Å². The first-order valence-electron chi connectivity index (χ1n) is 6.71. The predicted molar refractivity (Wildman–Crippen MR) is 73.1 cm³/mol. The van der Waals surface area contributed by atoms with Crippen molar-refractivity contribution in [2.24, 2.45) is 0 Å². The molecule has 0 spiro atoms. The molecule has 104 valence electrons. The van der Waals surface area contributed by atoms with Gasteiger partial charge in [-0.2, -0.15) is 0 Å². The van der Waals surface area contributed by atoms with Crippen LogP contribution in [-0.4, -0.2) is 25.9 Å². The van der Waals surface area contributed by atoms with Crippen LogP contribution in [0.3, 0.4) is 0 Å². The van der Waals surface area contributed by atoms with Crippen LogP contribution in [0.4, 0.5) is 4.79 Å². The average Bonchev–Trinajstić information content (AvgIpc) is 3.20. The first kappa shape index (κ1) is 13.9. The molecule has 0 bridgehead atoms. The van der Waals surface area contributed by atoms with Crippen LogP contribution in [0, 0.1) is 6.92 Å². The highest BCUT2D eigenvalue weighted by Gasteiger charge is 2.25. The monoisotopic (exact) mass is 263 g/mol. The number of amides is 1. The molecule has 0 radical (unpaired) electrons. The summed E-state index contributed by atoms with van der Waals surface area (Å²) >= 11 is 0. The van der Waals surface area contributed by atoms with E-state index < -0.39 is 0 Å².